The van der Waals surface area contributed by atoms with E-state index in [0.717, 1.165) is 26.4 Å². The van der Waals surface area contributed by atoms with Crippen molar-refractivity contribution in [3.63, 3.8) is 0 Å². The summed E-state index contributed by atoms with van der Waals surface area (Å²) in [4.78, 5) is 0. The molecule has 5 heteroatoms. The van der Waals surface area contributed by atoms with E-state index in [1.165, 1.54) is 129 Å². The monoisotopic (exact) mass is 478 g/mol. The Labute approximate surface area is 210 Å². The van der Waals surface area contributed by atoms with Gasteiger partial charge in [0.1, 0.15) is 0 Å². The molecule has 206 valence electrons. The summed E-state index contributed by atoms with van der Waals surface area (Å²) in [6.45, 7) is 11.5. The molecule has 5 aliphatic heterocycles. The maximum Gasteiger partial charge on any atom is 0.0466 e. The molecule has 0 amide bonds. The zero-order chi connectivity index (χ0) is 20.5. The van der Waals surface area contributed by atoms with Crippen LogP contribution in [0.5, 0.6) is 0 Å². The Morgan fingerprint density at radius 3 is 0.697 bits per heavy atom. The topological polar surface area (TPSA) is 54.5 Å². The van der Waals surface area contributed by atoms with E-state index in [-0.39, 0.29) is 29.7 Å². The molecule has 0 aromatic heterocycles. The average Bonchev–Trinajstić information content (AvgIpc) is 3.54. The van der Waals surface area contributed by atoms with Crippen molar-refractivity contribution in [2.75, 3.05) is 65.7 Å². The van der Waals surface area contributed by atoms with E-state index >= 15 is 0 Å². The second-order valence-corrected chi connectivity index (χ2v) is 8.42. The fraction of sp³-hybridized carbons (Fsp3) is 1.00. The van der Waals surface area contributed by atoms with Crippen molar-refractivity contribution in [1.82, 2.24) is 16.0 Å². The first-order valence-corrected chi connectivity index (χ1v) is 12.8. The van der Waals surface area contributed by atoms with Gasteiger partial charge in [-0.1, -0.05) is 49.0 Å². The summed E-state index contributed by atoms with van der Waals surface area (Å²) in [5.41, 5.74) is 0. The van der Waals surface area contributed by atoms with Crippen molar-refractivity contribution >= 4 is 0 Å². The lowest BCUT2D eigenvalue weighted by Crippen LogP contribution is -2.21. The molecule has 5 rings (SSSR count). The van der Waals surface area contributed by atoms with Crippen molar-refractivity contribution in [2.24, 2.45) is 0 Å². The summed E-state index contributed by atoms with van der Waals surface area (Å²) in [5.74, 6) is 0. The van der Waals surface area contributed by atoms with Crippen LogP contribution in [-0.4, -0.2) is 65.7 Å². The van der Waals surface area contributed by atoms with Gasteiger partial charge in [0, 0.05) is 26.4 Å². The minimum Gasteiger partial charge on any atom is -0.381 e. The molecule has 0 aromatic carbocycles. The molecular formula is C28H67N3O2. The van der Waals surface area contributed by atoms with E-state index < -0.39 is 0 Å². The average molecular weight is 478 g/mol. The molecule has 0 aromatic rings. The van der Waals surface area contributed by atoms with Gasteiger partial charge in [-0.3, -0.25) is 0 Å². The number of ether oxygens (including phenoxy) is 2. The van der Waals surface area contributed by atoms with Crippen molar-refractivity contribution in [3.8, 4) is 0 Å². The molecule has 0 unspecified atom stereocenters. The van der Waals surface area contributed by atoms with Gasteiger partial charge in [0.05, 0.1) is 0 Å². The van der Waals surface area contributed by atoms with Gasteiger partial charge < -0.3 is 25.4 Å². The van der Waals surface area contributed by atoms with Crippen molar-refractivity contribution in [2.45, 2.75) is 120 Å². The number of piperidine rings is 1. The maximum atomic E-state index is 5.07. The molecule has 5 fully saturated rings. The van der Waals surface area contributed by atoms with Crippen LogP contribution in [0.4, 0.5) is 0 Å². The van der Waals surface area contributed by atoms with E-state index in [1.54, 1.807) is 0 Å². The normalized spacial score (nSPS) is 21.1. The van der Waals surface area contributed by atoms with E-state index in [4.69, 9.17) is 9.47 Å². The zero-order valence-electron chi connectivity index (χ0n) is 19.3. The molecule has 0 bridgehead atoms. The summed E-state index contributed by atoms with van der Waals surface area (Å²) < 4.78 is 10.0. The van der Waals surface area contributed by atoms with E-state index in [1.807, 2.05) is 0 Å². The summed E-state index contributed by atoms with van der Waals surface area (Å²) >= 11 is 0. The first-order chi connectivity index (χ1) is 14.5. The van der Waals surface area contributed by atoms with Gasteiger partial charge in [-0.25, -0.2) is 0 Å². The minimum absolute atomic E-state index is 0. The molecule has 0 atom stereocenters. The highest BCUT2D eigenvalue weighted by Crippen LogP contribution is 2.02. The lowest BCUT2D eigenvalue weighted by molar-refractivity contribution is 0.0968. The van der Waals surface area contributed by atoms with E-state index in [2.05, 4.69) is 16.0 Å². The van der Waals surface area contributed by atoms with Crippen LogP contribution >= 0.6 is 0 Å². The van der Waals surface area contributed by atoms with Gasteiger partial charge >= 0.3 is 0 Å². The zero-order valence-corrected chi connectivity index (χ0v) is 19.3. The number of nitrogens with one attached hydrogen (secondary N) is 3. The summed E-state index contributed by atoms with van der Waals surface area (Å²) in [7, 11) is 0. The molecular weight excluding hydrogens is 410 g/mol. The largest absolute Gasteiger partial charge is 0.381 e. The van der Waals surface area contributed by atoms with Gasteiger partial charge in [-0.15, -0.1) is 0 Å². The predicted octanol–water partition coefficient (Wildman–Crippen LogP) is 6.81. The van der Waals surface area contributed by atoms with Crippen LogP contribution in [0.15, 0.2) is 0 Å². The van der Waals surface area contributed by atoms with Gasteiger partial charge in [-0.2, -0.15) is 0 Å². The maximum absolute atomic E-state index is 5.07. The first-order valence-electron chi connectivity index (χ1n) is 12.8. The van der Waals surface area contributed by atoms with Crippen molar-refractivity contribution in [1.29, 1.82) is 0 Å². The molecule has 0 spiro atoms. The minimum atomic E-state index is 0. The Balaban J connectivity index is -0.000000155. The molecule has 3 N–H and O–H groups in total. The Kier molecular flexibility index (Phi) is 44.1. The highest BCUT2D eigenvalue weighted by Gasteiger charge is 1.96. The SMILES string of the molecule is C.C.C.C.C1CCCNCC1.C1CCNC1.C1CCNCC1.C1CCOC1.C1CCOCC1. The van der Waals surface area contributed by atoms with Crippen molar-refractivity contribution < 1.29 is 9.47 Å². The number of hydrogen-bond donors (Lipinski definition) is 3. The molecule has 0 radical (unpaired) electrons. The molecule has 33 heavy (non-hydrogen) atoms. The van der Waals surface area contributed by atoms with Crippen LogP contribution in [0.3, 0.4) is 0 Å². The molecule has 5 aliphatic rings. The number of hydrogen-bond acceptors (Lipinski definition) is 5. The summed E-state index contributed by atoms with van der Waals surface area (Å²) in [6.07, 6.45) is 19.1. The van der Waals surface area contributed by atoms with Gasteiger partial charge in [0.2, 0.25) is 0 Å². The fourth-order valence-electron chi connectivity index (χ4n) is 3.60. The van der Waals surface area contributed by atoms with Gasteiger partial charge in [0.15, 0.2) is 0 Å². The Morgan fingerprint density at radius 1 is 0.273 bits per heavy atom. The second kappa shape index (κ2) is 36.4. The summed E-state index contributed by atoms with van der Waals surface area (Å²) in [6, 6.07) is 0. The fourth-order valence-corrected chi connectivity index (χ4v) is 3.60. The Bertz CT molecular complexity index is 211. The van der Waals surface area contributed by atoms with Crippen LogP contribution in [0.1, 0.15) is 120 Å². The molecule has 5 saturated heterocycles. The standard InChI is InChI=1S/C6H13N.C5H11N.C5H10O.C4H9N.C4H8O.4CH4/c1-2-4-6-7-5-3-1;2*1-2-4-6-5-3-1;2*1-2-4-5-3-1;;;;/h7H,1-6H2;6H,1-5H2;1-5H2;5H,1-4H2;1-4H2;4*1H4. The number of rotatable bonds is 0. The smallest absolute Gasteiger partial charge is 0.0466 e. The molecule has 0 saturated carbocycles. The van der Waals surface area contributed by atoms with Gasteiger partial charge in [-0.05, 0) is 110 Å². The Morgan fingerprint density at radius 2 is 0.485 bits per heavy atom. The van der Waals surface area contributed by atoms with Crippen molar-refractivity contribution in [3.05, 3.63) is 0 Å². The van der Waals surface area contributed by atoms with Gasteiger partial charge in [0.25, 0.3) is 0 Å². The lowest BCUT2D eigenvalue weighted by atomic mass is 10.2. The third-order valence-electron chi connectivity index (χ3n) is 5.53. The third kappa shape index (κ3) is 34.0. The van der Waals surface area contributed by atoms with Crippen LogP contribution in [0.25, 0.3) is 0 Å². The molecule has 0 aliphatic carbocycles. The predicted molar refractivity (Wildman–Crippen MR) is 152 cm³/mol. The highest BCUT2D eigenvalue weighted by molar-refractivity contribution is 4.56. The van der Waals surface area contributed by atoms with Crippen LogP contribution in [0.2, 0.25) is 0 Å². The summed E-state index contributed by atoms with van der Waals surface area (Å²) in [5, 5.41) is 9.85. The van der Waals surface area contributed by atoms with Crippen LogP contribution in [-0.2, 0) is 9.47 Å². The highest BCUT2D eigenvalue weighted by atomic mass is 16.5. The third-order valence-corrected chi connectivity index (χ3v) is 5.53. The quantitative estimate of drug-likeness (QED) is 0.358. The molecule has 5 heterocycles. The lowest BCUT2D eigenvalue weighted by Gasteiger charge is -2.08. The second-order valence-electron chi connectivity index (χ2n) is 8.42. The van der Waals surface area contributed by atoms with E-state index in [9.17, 15) is 0 Å². The first kappa shape index (κ1) is 40.0. The van der Waals surface area contributed by atoms with Crippen LogP contribution in [0, 0.1) is 0 Å². The Hall–Kier alpha value is -0.200. The van der Waals surface area contributed by atoms with Crippen LogP contribution < -0.4 is 16.0 Å². The van der Waals surface area contributed by atoms with E-state index in [0.29, 0.717) is 0 Å². The molecule has 5 nitrogen and oxygen atoms in total.